The lowest BCUT2D eigenvalue weighted by Crippen LogP contribution is -2.17. The fraction of sp³-hybridized carbons (Fsp3) is 1.00. The Bertz CT molecular complexity index is 184. The number of rotatable bonds is 5. The summed E-state index contributed by atoms with van der Waals surface area (Å²) in [6.45, 7) is 0. The lowest BCUT2D eigenvalue weighted by atomic mass is 11.3. The Morgan fingerprint density at radius 1 is 1.55 bits per heavy atom. The fourth-order valence-corrected chi connectivity index (χ4v) is 1.39. The SMILES string of the molecule is COS(=O)C(N=[N-])OS(C)=O. The van der Waals surface area contributed by atoms with Gasteiger partial charge < -0.3 is 10.6 Å². The first-order valence-corrected chi connectivity index (χ1v) is 5.03. The Kier molecular flexibility index (Phi) is 5.38. The predicted molar refractivity (Wildman–Crippen MR) is 39.9 cm³/mol. The monoisotopic (exact) mass is 199 g/mol. The Hall–Kier alpha value is -0.180. The van der Waals surface area contributed by atoms with Crippen LogP contribution in [-0.2, 0) is 30.5 Å². The summed E-state index contributed by atoms with van der Waals surface area (Å²) in [5, 5.41) is 2.56. The molecule has 0 aliphatic rings. The third-order valence-corrected chi connectivity index (χ3v) is 2.06. The van der Waals surface area contributed by atoms with Gasteiger partial charge in [-0.15, -0.1) is 0 Å². The molecule has 0 saturated heterocycles. The van der Waals surface area contributed by atoms with Gasteiger partial charge in [0.25, 0.3) is 0 Å². The van der Waals surface area contributed by atoms with Crippen molar-refractivity contribution in [2.45, 2.75) is 5.56 Å². The third kappa shape index (κ3) is 4.30. The zero-order chi connectivity index (χ0) is 8.85. The van der Waals surface area contributed by atoms with Crippen LogP contribution in [-0.4, -0.2) is 27.3 Å². The van der Waals surface area contributed by atoms with Gasteiger partial charge in [-0.3, -0.25) is 4.18 Å². The van der Waals surface area contributed by atoms with Crippen LogP contribution >= 0.6 is 0 Å². The quantitative estimate of drug-likeness (QED) is 0.579. The van der Waals surface area contributed by atoms with E-state index in [9.17, 15) is 8.42 Å². The number of hydrogen-bond donors (Lipinski definition) is 0. The topological polar surface area (TPSA) is 87.3 Å². The number of hydrogen-bond acceptors (Lipinski definition) is 5. The first-order valence-electron chi connectivity index (χ1n) is 2.41. The maximum absolute atomic E-state index is 10.7. The van der Waals surface area contributed by atoms with Crippen LogP contribution in [0.3, 0.4) is 0 Å². The lowest BCUT2D eigenvalue weighted by molar-refractivity contribution is 0.296. The molecular formula is C3H7N2O4S2-. The summed E-state index contributed by atoms with van der Waals surface area (Å²) < 4.78 is 29.7. The van der Waals surface area contributed by atoms with Crippen LogP contribution in [0.1, 0.15) is 0 Å². The maximum Gasteiger partial charge on any atom is 0.246 e. The molecule has 0 radical (unpaired) electrons. The second-order valence-electron chi connectivity index (χ2n) is 1.35. The van der Waals surface area contributed by atoms with Gasteiger partial charge in [0.15, 0.2) is 11.1 Å². The first kappa shape index (κ1) is 10.8. The van der Waals surface area contributed by atoms with Crippen molar-refractivity contribution in [1.82, 2.24) is 0 Å². The van der Waals surface area contributed by atoms with Crippen LogP contribution < -0.4 is 0 Å². The standard InChI is InChI=1S/C3H7N2O4S2/c1-8-11(7)3(5-4)9-10(2)6/h3H,1-2H3/q-1. The Labute approximate surface area is 69.1 Å². The zero-order valence-corrected chi connectivity index (χ0v) is 7.55. The summed E-state index contributed by atoms with van der Waals surface area (Å²) in [5.41, 5.74) is 6.76. The molecule has 0 rings (SSSR count). The zero-order valence-electron chi connectivity index (χ0n) is 5.92. The van der Waals surface area contributed by atoms with Gasteiger partial charge in [-0.05, 0) is 0 Å². The van der Waals surface area contributed by atoms with Crippen molar-refractivity contribution < 1.29 is 16.8 Å². The molecule has 11 heavy (non-hydrogen) atoms. The Morgan fingerprint density at radius 2 is 2.09 bits per heavy atom. The summed E-state index contributed by atoms with van der Waals surface area (Å²) in [7, 11) is 1.15. The average Bonchev–Trinajstić information content (AvgIpc) is 1.98. The van der Waals surface area contributed by atoms with E-state index in [1.54, 1.807) is 0 Å². The molecule has 0 fully saturated rings. The molecule has 0 spiro atoms. The minimum absolute atomic E-state index is 1.15. The normalized spacial score (nSPS) is 18.7. The second kappa shape index (κ2) is 5.47. The highest BCUT2D eigenvalue weighted by atomic mass is 32.2. The molecule has 0 aromatic heterocycles. The van der Waals surface area contributed by atoms with Crippen LogP contribution in [0.5, 0.6) is 0 Å². The molecule has 3 unspecified atom stereocenters. The highest BCUT2D eigenvalue weighted by Gasteiger charge is 2.14. The summed E-state index contributed by atoms with van der Waals surface area (Å²) in [5.74, 6) is 0. The molecule has 0 heterocycles. The molecule has 0 amide bonds. The molecule has 0 bridgehead atoms. The van der Waals surface area contributed by atoms with E-state index < -0.39 is 27.7 Å². The Morgan fingerprint density at radius 3 is 2.36 bits per heavy atom. The third-order valence-electron chi connectivity index (χ3n) is 0.641. The van der Waals surface area contributed by atoms with Gasteiger partial charge >= 0.3 is 0 Å². The number of nitrogens with zero attached hydrogens (tertiary/aromatic N) is 2. The van der Waals surface area contributed by atoms with Crippen molar-refractivity contribution in [3.63, 3.8) is 0 Å². The van der Waals surface area contributed by atoms with Crippen LogP contribution in [0.15, 0.2) is 5.11 Å². The maximum atomic E-state index is 10.7. The molecular weight excluding hydrogens is 192 g/mol. The van der Waals surface area contributed by atoms with Gasteiger partial charge in [0.05, 0.1) is 7.11 Å². The van der Waals surface area contributed by atoms with E-state index >= 15 is 0 Å². The van der Waals surface area contributed by atoms with Crippen molar-refractivity contribution in [2.24, 2.45) is 5.11 Å². The Balaban J connectivity index is 4.05. The van der Waals surface area contributed by atoms with E-state index in [2.05, 4.69) is 13.5 Å². The fourth-order valence-electron chi connectivity index (χ4n) is 0.288. The van der Waals surface area contributed by atoms with Crippen LogP contribution in [0.2, 0.25) is 0 Å². The molecule has 8 heteroatoms. The van der Waals surface area contributed by atoms with Crippen molar-refractivity contribution in [3.8, 4) is 0 Å². The van der Waals surface area contributed by atoms with Gasteiger partial charge in [-0.1, -0.05) is 0 Å². The highest BCUT2D eigenvalue weighted by Crippen LogP contribution is 2.02. The first-order chi connectivity index (χ1) is 5.11. The molecule has 0 aliphatic heterocycles. The van der Waals surface area contributed by atoms with E-state index in [1.165, 1.54) is 6.26 Å². The highest BCUT2D eigenvalue weighted by molar-refractivity contribution is 7.83. The van der Waals surface area contributed by atoms with E-state index in [-0.39, 0.29) is 0 Å². The molecule has 0 saturated carbocycles. The summed E-state index contributed by atoms with van der Waals surface area (Å²) in [6.07, 6.45) is 1.21. The molecule has 3 atom stereocenters. The minimum Gasteiger partial charge on any atom is -0.709 e. The summed E-state index contributed by atoms with van der Waals surface area (Å²) in [6, 6.07) is 0. The van der Waals surface area contributed by atoms with Gasteiger partial charge in [0.2, 0.25) is 16.6 Å². The van der Waals surface area contributed by atoms with Crippen LogP contribution in [0.25, 0.3) is 5.53 Å². The van der Waals surface area contributed by atoms with Crippen molar-refractivity contribution in [1.29, 1.82) is 0 Å². The van der Waals surface area contributed by atoms with Gasteiger partial charge in [0, 0.05) is 6.26 Å². The van der Waals surface area contributed by atoms with Crippen molar-refractivity contribution in [2.75, 3.05) is 13.4 Å². The van der Waals surface area contributed by atoms with E-state index in [0.717, 1.165) is 7.11 Å². The molecule has 66 valence electrons. The average molecular weight is 199 g/mol. The minimum atomic E-state index is -1.92. The van der Waals surface area contributed by atoms with E-state index in [4.69, 9.17) is 5.53 Å². The van der Waals surface area contributed by atoms with E-state index in [1.807, 2.05) is 0 Å². The second-order valence-corrected chi connectivity index (χ2v) is 3.60. The largest absolute Gasteiger partial charge is 0.709 e. The van der Waals surface area contributed by atoms with Crippen LogP contribution in [0, 0.1) is 0 Å². The van der Waals surface area contributed by atoms with Crippen LogP contribution in [0.4, 0.5) is 0 Å². The lowest BCUT2D eigenvalue weighted by Gasteiger charge is -2.10. The van der Waals surface area contributed by atoms with Gasteiger partial charge in [-0.2, -0.15) is 0 Å². The van der Waals surface area contributed by atoms with Crippen molar-refractivity contribution >= 4 is 22.2 Å². The van der Waals surface area contributed by atoms with Gasteiger partial charge in [0.1, 0.15) is 0 Å². The molecule has 0 aromatic rings. The van der Waals surface area contributed by atoms with E-state index in [0.29, 0.717) is 0 Å². The predicted octanol–water partition coefficient (Wildman–Crippen LogP) is -0.0882. The molecule has 0 N–H and O–H groups in total. The van der Waals surface area contributed by atoms with Gasteiger partial charge in [-0.25, -0.2) is 12.6 Å². The van der Waals surface area contributed by atoms with Crippen molar-refractivity contribution in [3.05, 3.63) is 5.53 Å². The summed E-state index contributed by atoms with van der Waals surface area (Å²) in [4.78, 5) is 0. The summed E-state index contributed by atoms with van der Waals surface area (Å²) >= 11 is -3.56. The molecule has 0 aromatic carbocycles. The molecule has 6 nitrogen and oxygen atoms in total. The smallest absolute Gasteiger partial charge is 0.246 e. The molecule has 0 aliphatic carbocycles.